The minimum atomic E-state index is 0.340. The largest absolute Gasteiger partial charge is 0.381 e. The Morgan fingerprint density at radius 3 is 3.05 bits per heavy atom. The molecule has 0 aromatic carbocycles. The van der Waals surface area contributed by atoms with E-state index in [0.717, 1.165) is 29.8 Å². The number of hydrogen-bond acceptors (Lipinski definition) is 4. The van der Waals surface area contributed by atoms with E-state index in [2.05, 4.69) is 40.6 Å². The minimum Gasteiger partial charge on any atom is -0.381 e. The second-order valence-electron chi connectivity index (χ2n) is 5.84. The Kier molecular flexibility index (Phi) is 3.87. The fourth-order valence-electron chi connectivity index (χ4n) is 2.80. The zero-order valence-electron chi connectivity index (χ0n) is 12.3. The third-order valence-electron chi connectivity index (χ3n) is 3.87. The number of pyridine rings is 1. The van der Waals surface area contributed by atoms with E-state index in [4.69, 9.17) is 0 Å². The third kappa shape index (κ3) is 2.77. The van der Waals surface area contributed by atoms with Crippen molar-refractivity contribution in [2.45, 2.75) is 45.2 Å². The van der Waals surface area contributed by atoms with Crippen molar-refractivity contribution in [2.75, 3.05) is 18.4 Å². The van der Waals surface area contributed by atoms with Crippen LogP contribution in [0.1, 0.15) is 39.2 Å². The predicted octanol–water partition coefficient (Wildman–Crippen LogP) is 2.57. The lowest BCUT2D eigenvalue weighted by Gasteiger charge is -2.17. The van der Waals surface area contributed by atoms with Gasteiger partial charge in [-0.15, -0.1) is 0 Å². The van der Waals surface area contributed by atoms with E-state index in [1.807, 2.05) is 17.1 Å². The molecule has 108 valence electrons. The van der Waals surface area contributed by atoms with Gasteiger partial charge < -0.3 is 10.6 Å². The standard InChI is InChI=1S/C15H23N5/c1-11(2)20-15-12(9-18-20)8-14(10-17-15)19-13-4-3-6-16-7-5-13/h8-11,13,16,19H,3-7H2,1-2H3. The fraction of sp³-hybridized carbons (Fsp3) is 0.600. The summed E-state index contributed by atoms with van der Waals surface area (Å²) in [5, 5.41) is 12.6. The molecule has 0 radical (unpaired) electrons. The zero-order chi connectivity index (χ0) is 13.9. The molecule has 20 heavy (non-hydrogen) atoms. The van der Waals surface area contributed by atoms with E-state index in [9.17, 15) is 0 Å². The summed E-state index contributed by atoms with van der Waals surface area (Å²) in [6.07, 6.45) is 7.46. The number of fused-ring (bicyclic) bond motifs is 1. The van der Waals surface area contributed by atoms with Crippen molar-refractivity contribution in [3.63, 3.8) is 0 Å². The fourth-order valence-corrected chi connectivity index (χ4v) is 2.80. The highest BCUT2D eigenvalue weighted by molar-refractivity contribution is 5.78. The Labute approximate surface area is 119 Å². The lowest BCUT2D eigenvalue weighted by molar-refractivity contribution is 0.546. The van der Waals surface area contributed by atoms with E-state index in [1.54, 1.807) is 0 Å². The smallest absolute Gasteiger partial charge is 0.158 e. The van der Waals surface area contributed by atoms with Crippen LogP contribution >= 0.6 is 0 Å². The van der Waals surface area contributed by atoms with Crippen LogP contribution in [0.15, 0.2) is 18.5 Å². The molecule has 0 bridgehead atoms. The molecule has 1 atom stereocenters. The van der Waals surface area contributed by atoms with Gasteiger partial charge in [-0.1, -0.05) is 0 Å². The summed E-state index contributed by atoms with van der Waals surface area (Å²) in [5.74, 6) is 0. The maximum absolute atomic E-state index is 4.57. The molecular weight excluding hydrogens is 250 g/mol. The van der Waals surface area contributed by atoms with Crippen LogP contribution in [0.5, 0.6) is 0 Å². The van der Waals surface area contributed by atoms with E-state index >= 15 is 0 Å². The van der Waals surface area contributed by atoms with Crippen molar-refractivity contribution < 1.29 is 0 Å². The average molecular weight is 273 g/mol. The van der Waals surface area contributed by atoms with Crippen LogP contribution in [0.25, 0.3) is 11.0 Å². The third-order valence-corrected chi connectivity index (χ3v) is 3.87. The molecule has 1 fully saturated rings. The van der Waals surface area contributed by atoms with E-state index < -0.39 is 0 Å². The van der Waals surface area contributed by atoms with Crippen LogP contribution in [0.3, 0.4) is 0 Å². The summed E-state index contributed by atoms with van der Waals surface area (Å²) < 4.78 is 1.97. The van der Waals surface area contributed by atoms with Gasteiger partial charge in [-0.2, -0.15) is 5.10 Å². The first-order valence-corrected chi connectivity index (χ1v) is 7.54. The summed E-state index contributed by atoms with van der Waals surface area (Å²) in [6, 6.07) is 3.04. The van der Waals surface area contributed by atoms with Crippen LogP contribution in [0, 0.1) is 0 Å². The molecule has 5 nitrogen and oxygen atoms in total. The topological polar surface area (TPSA) is 54.8 Å². The second-order valence-corrected chi connectivity index (χ2v) is 5.84. The summed E-state index contributed by atoms with van der Waals surface area (Å²) >= 11 is 0. The highest BCUT2D eigenvalue weighted by Crippen LogP contribution is 2.20. The summed E-state index contributed by atoms with van der Waals surface area (Å²) in [6.45, 7) is 6.48. The SMILES string of the molecule is CC(C)n1ncc2cc(NC3CCCNCC3)cnc21. The first-order chi connectivity index (χ1) is 9.74. The molecule has 5 heteroatoms. The maximum atomic E-state index is 4.57. The van der Waals surface area contributed by atoms with Crippen molar-refractivity contribution in [3.05, 3.63) is 18.5 Å². The summed E-state index contributed by atoms with van der Waals surface area (Å²) in [4.78, 5) is 4.57. The lowest BCUT2D eigenvalue weighted by Crippen LogP contribution is -2.21. The lowest BCUT2D eigenvalue weighted by atomic mass is 10.1. The van der Waals surface area contributed by atoms with Gasteiger partial charge in [-0.25, -0.2) is 9.67 Å². The van der Waals surface area contributed by atoms with Gasteiger partial charge in [0, 0.05) is 17.5 Å². The molecule has 3 rings (SSSR count). The second kappa shape index (κ2) is 5.79. The normalized spacial score (nSPS) is 20.2. The number of aromatic nitrogens is 3. The van der Waals surface area contributed by atoms with Crippen molar-refractivity contribution in [1.29, 1.82) is 0 Å². The molecule has 3 heterocycles. The molecule has 1 unspecified atom stereocenters. The Morgan fingerprint density at radius 2 is 2.20 bits per heavy atom. The molecule has 1 aliphatic heterocycles. The molecule has 1 saturated heterocycles. The van der Waals surface area contributed by atoms with Crippen molar-refractivity contribution >= 4 is 16.7 Å². The first kappa shape index (κ1) is 13.4. The van der Waals surface area contributed by atoms with E-state index in [0.29, 0.717) is 12.1 Å². The maximum Gasteiger partial charge on any atom is 0.158 e. The highest BCUT2D eigenvalue weighted by Gasteiger charge is 2.13. The Bertz CT molecular complexity index is 567. The van der Waals surface area contributed by atoms with Gasteiger partial charge in [0.15, 0.2) is 5.65 Å². The zero-order valence-corrected chi connectivity index (χ0v) is 12.3. The number of anilines is 1. The molecule has 1 aliphatic rings. The average Bonchev–Trinajstić information content (AvgIpc) is 2.68. The van der Waals surface area contributed by atoms with Gasteiger partial charge in [0.1, 0.15) is 0 Å². The van der Waals surface area contributed by atoms with Gasteiger partial charge in [-0.05, 0) is 52.3 Å². The highest BCUT2D eigenvalue weighted by atomic mass is 15.3. The van der Waals surface area contributed by atoms with E-state index in [1.165, 1.54) is 19.3 Å². The Hall–Kier alpha value is -1.62. The van der Waals surface area contributed by atoms with Crippen LogP contribution in [0.2, 0.25) is 0 Å². The summed E-state index contributed by atoms with van der Waals surface area (Å²) in [7, 11) is 0. The monoisotopic (exact) mass is 273 g/mol. The molecule has 0 amide bonds. The number of rotatable bonds is 3. The summed E-state index contributed by atoms with van der Waals surface area (Å²) in [5.41, 5.74) is 2.07. The Balaban J connectivity index is 1.78. The first-order valence-electron chi connectivity index (χ1n) is 7.54. The molecule has 2 aromatic heterocycles. The van der Waals surface area contributed by atoms with Crippen molar-refractivity contribution in [2.24, 2.45) is 0 Å². The molecule has 0 aliphatic carbocycles. The van der Waals surface area contributed by atoms with Gasteiger partial charge in [0.05, 0.1) is 18.1 Å². The number of nitrogens with one attached hydrogen (secondary N) is 2. The number of hydrogen-bond donors (Lipinski definition) is 2. The molecular formula is C15H23N5. The predicted molar refractivity (Wildman–Crippen MR) is 82.0 cm³/mol. The van der Waals surface area contributed by atoms with Crippen molar-refractivity contribution in [3.8, 4) is 0 Å². The van der Waals surface area contributed by atoms with Gasteiger partial charge in [0.25, 0.3) is 0 Å². The van der Waals surface area contributed by atoms with Crippen LogP contribution in [0.4, 0.5) is 5.69 Å². The minimum absolute atomic E-state index is 0.340. The van der Waals surface area contributed by atoms with Gasteiger partial charge in [-0.3, -0.25) is 0 Å². The van der Waals surface area contributed by atoms with Crippen LogP contribution < -0.4 is 10.6 Å². The number of nitrogens with zero attached hydrogens (tertiary/aromatic N) is 3. The van der Waals surface area contributed by atoms with Crippen molar-refractivity contribution in [1.82, 2.24) is 20.1 Å². The van der Waals surface area contributed by atoms with E-state index in [-0.39, 0.29) is 0 Å². The van der Waals surface area contributed by atoms with Crippen LogP contribution in [-0.2, 0) is 0 Å². The van der Waals surface area contributed by atoms with Gasteiger partial charge in [0.2, 0.25) is 0 Å². The quantitative estimate of drug-likeness (QED) is 0.902. The Morgan fingerprint density at radius 1 is 1.30 bits per heavy atom. The molecule has 2 aromatic rings. The molecule has 2 N–H and O–H groups in total. The molecule has 0 spiro atoms. The van der Waals surface area contributed by atoms with Crippen LogP contribution in [-0.4, -0.2) is 33.9 Å². The molecule has 0 saturated carbocycles. The van der Waals surface area contributed by atoms with Gasteiger partial charge >= 0.3 is 0 Å².